The zero-order chi connectivity index (χ0) is 25.5. The van der Waals surface area contributed by atoms with E-state index in [9.17, 15) is 5.11 Å². The first kappa shape index (κ1) is 28.4. The van der Waals surface area contributed by atoms with Crippen LogP contribution in [-0.2, 0) is 11.8 Å². The Balaban J connectivity index is 2.28. The van der Waals surface area contributed by atoms with Gasteiger partial charge in [-0.25, -0.2) is 0 Å². The van der Waals surface area contributed by atoms with Crippen molar-refractivity contribution in [3.05, 3.63) is 64.2 Å². The first-order valence-electron chi connectivity index (χ1n) is 12.9. The van der Waals surface area contributed by atoms with Gasteiger partial charge in [-0.05, 0) is 85.3 Å². The second-order valence-corrected chi connectivity index (χ2v) is 10.9. The van der Waals surface area contributed by atoms with Gasteiger partial charge in [-0.15, -0.1) is 0 Å². The van der Waals surface area contributed by atoms with Gasteiger partial charge in [-0.1, -0.05) is 65.0 Å². The van der Waals surface area contributed by atoms with Crippen LogP contribution in [0.1, 0.15) is 88.1 Å². The van der Waals surface area contributed by atoms with Crippen LogP contribution in [0.15, 0.2) is 36.4 Å². The molecule has 0 unspecified atom stereocenters. The third kappa shape index (κ3) is 6.84. The summed E-state index contributed by atoms with van der Waals surface area (Å²) in [4.78, 5) is 0. The van der Waals surface area contributed by atoms with E-state index in [-0.39, 0.29) is 29.6 Å². The van der Waals surface area contributed by atoms with Gasteiger partial charge in [0.2, 0.25) is 0 Å². The second kappa shape index (κ2) is 12.2. The maximum atomic E-state index is 10.5. The smallest absolute Gasteiger partial charge is 0.122 e. The van der Waals surface area contributed by atoms with Crippen LogP contribution < -0.4 is 10.5 Å². The van der Waals surface area contributed by atoms with Crippen molar-refractivity contribution in [2.24, 2.45) is 11.1 Å². The molecule has 0 amide bonds. The van der Waals surface area contributed by atoms with Gasteiger partial charge < -0.3 is 20.7 Å². The van der Waals surface area contributed by atoms with Crippen LogP contribution in [-0.4, -0.2) is 35.6 Å². The molecule has 0 bridgehead atoms. The minimum absolute atomic E-state index is 0.0647. The Morgan fingerprint density at radius 1 is 0.912 bits per heavy atom. The molecule has 0 heterocycles. The zero-order valence-corrected chi connectivity index (χ0v) is 22.4. The van der Waals surface area contributed by atoms with E-state index in [2.05, 4.69) is 84.9 Å². The Morgan fingerprint density at radius 3 is 2.00 bits per heavy atom. The van der Waals surface area contributed by atoms with Crippen molar-refractivity contribution in [1.29, 1.82) is 0 Å². The van der Waals surface area contributed by atoms with Gasteiger partial charge in [0.15, 0.2) is 0 Å². The van der Waals surface area contributed by atoms with Crippen LogP contribution >= 0.6 is 0 Å². The van der Waals surface area contributed by atoms with Gasteiger partial charge in [-0.3, -0.25) is 0 Å². The van der Waals surface area contributed by atoms with Crippen LogP contribution in [0.5, 0.6) is 5.75 Å². The van der Waals surface area contributed by atoms with Gasteiger partial charge in [0.05, 0.1) is 6.10 Å². The summed E-state index contributed by atoms with van der Waals surface area (Å²) in [5.41, 5.74) is 12.2. The molecule has 4 N–H and O–H groups in total. The summed E-state index contributed by atoms with van der Waals surface area (Å²) >= 11 is 0. The Labute approximate surface area is 207 Å². The van der Waals surface area contributed by atoms with Crippen molar-refractivity contribution < 1.29 is 14.9 Å². The minimum atomic E-state index is -0.307. The quantitative estimate of drug-likeness (QED) is 0.365. The number of aliphatic hydroxyl groups excluding tert-OH is 2. The monoisotopic (exact) mass is 469 g/mol. The van der Waals surface area contributed by atoms with Crippen molar-refractivity contribution >= 4 is 0 Å². The van der Waals surface area contributed by atoms with Crippen LogP contribution in [0.3, 0.4) is 0 Å². The maximum absolute atomic E-state index is 10.5. The number of aryl methyl sites for hydroxylation is 3. The van der Waals surface area contributed by atoms with Crippen LogP contribution in [0.2, 0.25) is 0 Å². The molecule has 0 aliphatic rings. The molecule has 4 nitrogen and oxygen atoms in total. The molecule has 0 spiro atoms. The summed E-state index contributed by atoms with van der Waals surface area (Å²) < 4.78 is 5.94. The highest BCUT2D eigenvalue weighted by Crippen LogP contribution is 2.41. The van der Waals surface area contributed by atoms with Gasteiger partial charge >= 0.3 is 0 Å². The van der Waals surface area contributed by atoms with Crippen molar-refractivity contribution in [2.45, 2.75) is 98.1 Å². The predicted molar refractivity (Wildman–Crippen MR) is 143 cm³/mol. The Bertz CT molecular complexity index is 912. The molecule has 34 heavy (non-hydrogen) atoms. The Hall–Kier alpha value is -1.88. The normalized spacial score (nSPS) is 14.2. The summed E-state index contributed by atoms with van der Waals surface area (Å²) in [6.07, 6.45) is 3.91. The average Bonchev–Trinajstić information content (AvgIpc) is 2.78. The highest BCUT2D eigenvalue weighted by molar-refractivity contribution is 5.47. The van der Waals surface area contributed by atoms with Crippen molar-refractivity contribution in [3.63, 3.8) is 0 Å². The largest absolute Gasteiger partial charge is 0.492 e. The van der Waals surface area contributed by atoms with E-state index in [1.54, 1.807) is 0 Å². The van der Waals surface area contributed by atoms with Crippen LogP contribution in [0.4, 0.5) is 0 Å². The highest BCUT2D eigenvalue weighted by Gasteiger charge is 2.31. The maximum Gasteiger partial charge on any atom is 0.122 e. The molecule has 2 aromatic carbocycles. The fraction of sp³-hybridized carbons (Fsp3) is 0.600. The van der Waals surface area contributed by atoms with Crippen molar-refractivity contribution in [3.8, 4) is 5.75 Å². The number of benzene rings is 2. The van der Waals surface area contributed by atoms with E-state index in [0.717, 1.165) is 37.0 Å². The van der Waals surface area contributed by atoms with Gasteiger partial charge in [-0.2, -0.15) is 0 Å². The fourth-order valence-corrected chi connectivity index (χ4v) is 4.79. The third-order valence-corrected chi connectivity index (χ3v) is 7.47. The lowest BCUT2D eigenvalue weighted by Gasteiger charge is -2.34. The Morgan fingerprint density at radius 2 is 1.50 bits per heavy atom. The number of nitrogens with two attached hydrogens (primary N) is 1. The third-order valence-electron chi connectivity index (χ3n) is 7.47. The number of aliphatic hydroxyl groups is 2. The fourth-order valence-electron chi connectivity index (χ4n) is 4.79. The average molecular weight is 470 g/mol. The van der Waals surface area contributed by atoms with Gasteiger partial charge in [0.25, 0.3) is 0 Å². The van der Waals surface area contributed by atoms with Crippen LogP contribution in [0, 0.1) is 19.3 Å². The molecule has 0 radical (unpaired) electrons. The number of rotatable bonds is 12. The van der Waals surface area contributed by atoms with E-state index in [4.69, 9.17) is 15.6 Å². The molecule has 4 heteroatoms. The van der Waals surface area contributed by atoms with Gasteiger partial charge in [0.1, 0.15) is 12.4 Å². The van der Waals surface area contributed by atoms with E-state index in [1.807, 2.05) is 0 Å². The summed E-state index contributed by atoms with van der Waals surface area (Å²) in [5, 5.41) is 19.5. The lowest BCUT2D eigenvalue weighted by atomic mass is 9.69. The molecule has 2 rings (SSSR count). The molecule has 0 saturated carbocycles. The highest BCUT2D eigenvalue weighted by atomic mass is 16.5. The summed E-state index contributed by atoms with van der Waals surface area (Å²) in [6.45, 7) is 15.5. The minimum Gasteiger partial charge on any atom is -0.492 e. The number of hydrogen-bond acceptors (Lipinski definition) is 4. The summed E-state index contributed by atoms with van der Waals surface area (Å²) in [7, 11) is 0. The topological polar surface area (TPSA) is 75.7 Å². The summed E-state index contributed by atoms with van der Waals surface area (Å²) in [6, 6.07) is 13.2. The second-order valence-electron chi connectivity index (χ2n) is 10.9. The SMILES string of the molecule is CCC(CC)(c1ccc(CC[C@@H](O)C(C)(C)C)c(C)c1)c1ccc(OC[C@H](N)CCO)c(C)c1. The Kier molecular flexibility index (Phi) is 10.2. The van der Waals surface area contributed by atoms with Gasteiger partial charge in [0, 0.05) is 18.1 Å². The molecule has 0 aliphatic carbocycles. The van der Waals surface area contributed by atoms with E-state index >= 15 is 0 Å². The molecule has 0 aromatic heterocycles. The number of ether oxygens (including phenoxy) is 1. The van der Waals surface area contributed by atoms with Crippen LogP contribution in [0.25, 0.3) is 0 Å². The molecular weight excluding hydrogens is 422 g/mol. The molecule has 0 fully saturated rings. The predicted octanol–water partition coefficient (Wildman–Crippen LogP) is 5.84. The number of hydrogen-bond donors (Lipinski definition) is 3. The molecule has 2 aromatic rings. The standard InChI is InChI=1S/C30H47NO3/c1-8-30(9-2,25-13-14-27(22(4)19-25)34-20-26(31)16-17-32)24-12-10-23(21(3)18-24)11-15-28(33)29(5,6)7/h10,12-14,18-19,26,28,32-33H,8-9,11,15-17,20,31H2,1-7H3/t26-,28-/m1/s1. The first-order valence-corrected chi connectivity index (χ1v) is 12.9. The lowest BCUT2D eigenvalue weighted by Crippen LogP contribution is -2.29. The van der Waals surface area contributed by atoms with Crippen molar-refractivity contribution in [2.75, 3.05) is 13.2 Å². The summed E-state index contributed by atoms with van der Waals surface area (Å²) in [5.74, 6) is 0.849. The first-order chi connectivity index (χ1) is 16.0. The molecule has 190 valence electrons. The van der Waals surface area contributed by atoms with E-state index in [1.165, 1.54) is 22.3 Å². The molecule has 0 aliphatic heterocycles. The zero-order valence-electron chi connectivity index (χ0n) is 22.4. The molecular formula is C30H47NO3. The van der Waals surface area contributed by atoms with E-state index < -0.39 is 0 Å². The molecule has 0 saturated heterocycles. The van der Waals surface area contributed by atoms with Crippen molar-refractivity contribution in [1.82, 2.24) is 0 Å². The lowest BCUT2D eigenvalue weighted by molar-refractivity contribution is 0.0560. The molecule has 2 atom stereocenters. The van der Waals surface area contributed by atoms with E-state index in [0.29, 0.717) is 13.0 Å².